The van der Waals surface area contributed by atoms with Crippen molar-refractivity contribution in [3.05, 3.63) is 57.3 Å². The molecule has 0 saturated heterocycles. The van der Waals surface area contributed by atoms with Gasteiger partial charge in [0.15, 0.2) is 0 Å². The van der Waals surface area contributed by atoms with Gasteiger partial charge >= 0.3 is 0 Å². The first-order chi connectivity index (χ1) is 13.1. The summed E-state index contributed by atoms with van der Waals surface area (Å²) in [6, 6.07) is 2.34. The van der Waals surface area contributed by atoms with Gasteiger partial charge in [0, 0.05) is 14.7 Å². The zero-order valence-electron chi connectivity index (χ0n) is 17.4. The highest BCUT2D eigenvalue weighted by molar-refractivity contribution is 7.90. The molecule has 27 heavy (non-hydrogen) atoms. The van der Waals surface area contributed by atoms with Crippen LogP contribution in [-0.2, 0) is 6.42 Å². The van der Waals surface area contributed by atoms with E-state index in [-0.39, 0.29) is 0 Å². The first-order valence-electron chi connectivity index (χ1n) is 10.3. The van der Waals surface area contributed by atoms with Crippen LogP contribution in [0.2, 0.25) is 0 Å². The number of rotatable bonds is 13. The number of unbranched alkanes of at least 4 members (excludes halogenated alkanes) is 4. The Kier molecular flexibility index (Phi) is 12.5. The van der Waals surface area contributed by atoms with E-state index >= 15 is 0 Å². The van der Waals surface area contributed by atoms with E-state index in [1.165, 1.54) is 46.6 Å². The van der Waals surface area contributed by atoms with Gasteiger partial charge < -0.3 is 5.73 Å². The van der Waals surface area contributed by atoms with Crippen LogP contribution in [0.3, 0.4) is 0 Å². The molecule has 1 aromatic heterocycles. The Morgan fingerprint density at radius 1 is 1.22 bits per heavy atom. The lowest BCUT2D eigenvalue weighted by Gasteiger charge is -2.05. The maximum Gasteiger partial charge on any atom is 0.0412 e. The van der Waals surface area contributed by atoms with Crippen LogP contribution >= 0.6 is 24.0 Å². The zero-order chi connectivity index (χ0) is 20.1. The fraction of sp³-hybridized carbons (Fsp3) is 0.500. The molecule has 0 aliphatic rings. The zero-order valence-corrected chi connectivity index (χ0v) is 19.1. The molecule has 0 unspecified atom stereocenters. The van der Waals surface area contributed by atoms with Crippen molar-refractivity contribution in [2.75, 3.05) is 6.54 Å². The molecule has 1 rings (SSSR count). The summed E-state index contributed by atoms with van der Waals surface area (Å²) in [6.45, 7) is 11.2. The fourth-order valence-electron chi connectivity index (χ4n) is 2.96. The summed E-state index contributed by atoms with van der Waals surface area (Å²) < 4.78 is 0. The summed E-state index contributed by atoms with van der Waals surface area (Å²) in [6.07, 6.45) is 17.9. The molecule has 2 N–H and O–H groups in total. The molecule has 1 aromatic rings. The highest BCUT2D eigenvalue weighted by Crippen LogP contribution is 2.35. The second kappa shape index (κ2) is 14.0. The van der Waals surface area contributed by atoms with Gasteiger partial charge in [-0.25, -0.2) is 0 Å². The predicted molar refractivity (Wildman–Crippen MR) is 130 cm³/mol. The second-order valence-electron chi connectivity index (χ2n) is 7.01. The van der Waals surface area contributed by atoms with Gasteiger partial charge in [-0.1, -0.05) is 56.6 Å². The summed E-state index contributed by atoms with van der Waals surface area (Å²) in [5, 5.41) is 0. The van der Waals surface area contributed by atoms with Gasteiger partial charge in [-0.05, 0) is 75.8 Å². The Morgan fingerprint density at radius 2 is 2.00 bits per heavy atom. The van der Waals surface area contributed by atoms with E-state index in [1.807, 2.05) is 24.3 Å². The lowest BCUT2D eigenvalue weighted by Crippen LogP contribution is -1.98. The molecule has 1 nitrogen and oxygen atoms in total. The third kappa shape index (κ3) is 8.68. The first kappa shape index (κ1) is 24.0. The van der Waals surface area contributed by atoms with Gasteiger partial charge in [0.2, 0.25) is 0 Å². The maximum atomic E-state index is 5.68. The Hall–Kier alpha value is -1.03. The molecular formula is C24H37NS2. The molecule has 0 saturated carbocycles. The summed E-state index contributed by atoms with van der Waals surface area (Å²) in [5.74, 6) is 0. The van der Waals surface area contributed by atoms with Gasteiger partial charge in [-0.3, -0.25) is 0 Å². The van der Waals surface area contributed by atoms with Gasteiger partial charge in [-0.2, -0.15) is 0 Å². The van der Waals surface area contributed by atoms with E-state index in [9.17, 15) is 0 Å². The van der Waals surface area contributed by atoms with Gasteiger partial charge in [0.05, 0.1) is 0 Å². The molecule has 0 aromatic carbocycles. The molecule has 0 aliphatic carbocycles. The van der Waals surface area contributed by atoms with Crippen LogP contribution in [-0.4, -0.2) is 6.54 Å². The number of hydrogen-bond donors (Lipinski definition) is 2. The molecule has 0 spiro atoms. The SMILES string of the molecule is C=CC(/C=C/c1sc(/C(S)=C(/C)CCCCCC)cc1CCCCN)=C\C. The smallest absolute Gasteiger partial charge is 0.0412 e. The van der Waals surface area contributed by atoms with Crippen molar-refractivity contribution in [2.45, 2.75) is 72.1 Å². The van der Waals surface area contributed by atoms with Gasteiger partial charge in [-0.15, -0.1) is 24.0 Å². The molecule has 0 fully saturated rings. The number of thiophene rings is 1. The van der Waals surface area contributed by atoms with E-state index in [4.69, 9.17) is 18.4 Å². The lowest BCUT2D eigenvalue weighted by atomic mass is 10.1. The molecule has 1 heterocycles. The summed E-state index contributed by atoms with van der Waals surface area (Å²) >= 11 is 6.72. The van der Waals surface area contributed by atoms with Gasteiger partial charge in [0.1, 0.15) is 0 Å². The van der Waals surface area contributed by atoms with E-state index in [2.05, 4.69) is 44.7 Å². The minimum Gasteiger partial charge on any atom is -0.330 e. The number of nitrogens with two attached hydrogens (primary N) is 1. The van der Waals surface area contributed by atoms with Gasteiger partial charge in [0.25, 0.3) is 0 Å². The van der Waals surface area contributed by atoms with E-state index in [0.29, 0.717) is 0 Å². The Bertz CT molecular complexity index is 662. The molecule has 0 radical (unpaired) electrons. The van der Waals surface area contributed by atoms with Crippen LogP contribution < -0.4 is 5.73 Å². The van der Waals surface area contributed by atoms with Crippen LogP contribution in [0.25, 0.3) is 11.0 Å². The molecule has 0 atom stereocenters. The van der Waals surface area contributed by atoms with E-state index in [0.717, 1.165) is 42.7 Å². The molecular weight excluding hydrogens is 366 g/mol. The third-order valence-corrected chi connectivity index (χ3v) is 6.72. The van der Waals surface area contributed by atoms with Crippen LogP contribution in [0.15, 0.2) is 42.0 Å². The average Bonchev–Trinajstić information content (AvgIpc) is 3.08. The van der Waals surface area contributed by atoms with Crippen LogP contribution in [0.1, 0.15) is 81.0 Å². The standard InChI is InChI=1S/C24H37NS2/c1-5-8-9-10-13-19(4)24(26)23-18-21(14-11-12-17-25)22(27-23)16-15-20(6-2)7-3/h6-7,15-16,18,26H,2,5,8-14,17,25H2,1,3-4H3/b16-15+,20-7+,24-19+. The van der Waals surface area contributed by atoms with Crippen molar-refractivity contribution in [2.24, 2.45) is 5.73 Å². The van der Waals surface area contributed by atoms with Crippen LogP contribution in [0, 0.1) is 0 Å². The molecule has 0 bridgehead atoms. The number of thiol groups is 1. The van der Waals surface area contributed by atoms with E-state index < -0.39 is 0 Å². The van der Waals surface area contributed by atoms with Crippen molar-refractivity contribution >= 4 is 34.9 Å². The second-order valence-corrected chi connectivity index (χ2v) is 8.54. The lowest BCUT2D eigenvalue weighted by molar-refractivity contribution is 0.665. The summed E-state index contributed by atoms with van der Waals surface area (Å²) in [4.78, 5) is 3.77. The summed E-state index contributed by atoms with van der Waals surface area (Å²) in [5.41, 5.74) is 9.63. The monoisotopic (exact) mass is 403 g/mol. The van der Waals surface area contributed by atoms with Crippen molar-refractivity contribution in [1.29, 1.82) is 0 Å². The maximum absolute atomic E-state index is 5.68. The Morgan fingerprint density at radius 3 is 2.63 bits per heavy atom. The molecule has 0 amide bonds. The van der Waals surface area contributed by atoms with Crippen molar-refractivity contribution in [3.8, 4) is 0 Å². The van der Waals surface area contributed by atoms with Crippen molar-refractivity contribution in [3.63, 3.8) is 0 Å². The normalized spacial score (nSPS) is 13.3. The van der Waals surface area contributed by atoms with Crippen LogP contribution in [0.5, 0.6) is 0 Å². The fourth-order valence-corrected chi connectivity index (χ4v) is 4.41. The quantitative estimate of drug-likeness (QED) is 0.196. The third-order valence-electron chi connectivity index (χ3n) is 4.78. The highest BCUT2D eigenvalue weighted by atomic mass is 32.1. The van der Waals surface area contributed by atoms with Crippen molar-refractivity contribution in [1.82, 2.24) is 0 Å². The minimum absolute atomic E-state index is 0.760. The number of aryl methyl sites for hydroxylation is 1. The number of hydrogen-bond acceptors (Lipinski definition) is 3. The Balaban J connectivity index is 3.02. The summed E-state index contributed by atoms with van der Waals surface area (Å²) in [7, 11) is 0. The highest BCUT2D eigenvalue weighted by Gasteiger charge is 2.11. The predicted octanol–water partition coefficient (Wildman–Crippen LogP) is 7.81. The Labute approximate surface area is 176 Å². The number of allylic oxidation sites excluding steroid dienone is 5. The van der Waals surface area contributed by atoms with Crippen LogP contribution in [0.4, 0.5) is 0 Å². The van der Waals surface area contributed by atoms with E-state index in [1.54, 1.807) is 0 Å². The largest absolute Gasteiger partial charge is 0.330 e. The topological polar surface area (TPSA) is 26.0 Å². The molecule has 3 heteroatoms. The minimum atomic E-state index is 0.760. The average molecular weight is 404 g/mol. The molecule has 0 aliphatic heterocycles. The van der Waals surface area contributed by atoms with Crippen molar-refractivity contribution < 1.29 is 0 Å². The first-order valence-corrected chi connectivity index (χ1v) is 11.5. The molecule has 150 valence electrons.